The molecule has 3 atom stereocenters. The molecule has 1 saturated carbocycles. The Hall–Kier alpha value is -3.06. The Balaban J connectivity index is -0.000000468. The molecule has 1 aliphatic carbocycles. The highest BCUT2D eigenvalue weighted by Gasteiger charge is 2.62. The van der Waals surface area contributed by atoms with Gasteiger partial charge in [-0.3, -0.25) is 14.4 Å². The summed E-state index contributed by atoms with van der Waals surface area (Å²) in [6.07, 6.45) is 3.65. The maximum Gasteiger partial charge on any atom is 0.321 e. The van der Waals surface area contributed by atoms with Gasteiger partial charge in [0, 0.05) is 11.3 Å². The fourth-order valence-electron chi connectivity index (χ4n) is 2.84. The molecule has 37 heavy (non-hydrogen) atoms. The molecule has 0 spiro atoms. The SMILES string of the molecule is C.C=CC(C)(C)C(C#N)C(=O)O.CC(C)(C(C#N)C(=O)O)C1CC1(Cl)Cl.CC(C)=CCOC(=O)CC#N. The highest BCUT2D eigenvalue weighted by atomic mass is 35.5. The number of carboxylic acids is 2. The van der Waals surface area contributed by atoms with E-state index in [1.807, 2.05) is 13.8 Å². The van der Waals surface area contributed by atoms with Crippen molar-refractivity contribution < 1.29 is 29.3 Å². The van der Waals surface area contributed by atoms with Crippen LogP contribution < -0.4 is 0 Å². The van der Waals surface area contributed by atoms with Gasteiger partial charge in [0.2, 0.25) is 0 Å². The Morgan fingerprint density at radius 1 is 1.08 bits per heavy atom. The minimum absolute atomic E-state index is 0. The quantitative estimate of drug-likeness (QED) is 0.198. The lowest BCUT2D eigenvalue weighted by atomic mass is 9.75. The number of halogens is 2. The molecule has 2 N–H and O–H groups in total. The fourth-order valence-corrected chi connectivity index (χ4v) is 3.71. The van der Waals surface area contributed by atoms with Crippen LogP contribution in [0.4, 0.5) is 0 Å². The number of carboxylic acid groups (broad SMARTS) is 2. The van der Waals surface area contributed by atoms with Crippen LogP contribution >= 0.6 is 23.2 Å². The van der Waals surface area contributed by atoms with Crippen LogP contribution in [0, 0.1) is 62.6 Å². The number of nitrogens with zero attached hydrogens (tertiary/aromatic N) is 3. The summed E-state index contributed by atoms with van der Waals surface area (Å²) in [6, 6.07) is 5.22. The minimum atomic E-state index is -1.12. The average Bonchev–Trinajstić information content (AvgIpc) is 3.38. The van der Waals surface area contributed by atoms with E-state index in [0.29, 0.717) is 6.42 Å². The number of nitriles is 3. The first-order valence-corrected chi connectivity index (χ1v) is 11.5. The van der Waals surface area contributed by atoms with E-state index in [1.54, 1.807) is 52.0 Å². The molecule has 0 aromatic rings. The third-order valence-electron chi connectivity index (χ3n) is 5.45. The second kappa shape index (κ2) is 16.6. The first kappa shape index (κ1) is 38.5. The van der Waals surface area contributed by atoms with Crippen LogP contribution in [0.3, 0.4) is 0 Å². The van der Waals surface area contributed by atoms with Crippen molar-refractivity contribution in [1.82, 2.24) is 0 Å². The third-order valence-corrected chi connectivity index (χ3v) is 6.29. The number of rotatable bonds is 9. The monoisotopic (exact) mass is 557 g/mol. The Morgan fingerprint density at radius 2 is 1.51 bits per heavy atom. The summed E-state index contributed by atoms with van der Waals surface area (Å²) >= 11 is 11.7. The maximum absolute atomic E-state index is 10.8. The van der Waals surface area contributed by atoms with Crippen molar-refractivity contribution in [1.29, 1.82) is 15.8 Å². The molecule has 0 aromatic heterocycles. The highest BCUT2D eigenvalue weighted by molar-refractivity contribution is 6.51. The summed E-state index contributed by atoms with van der Waals surface area (Å²) in [6.45, 7) is 14.3. The van der Waals surface area contributed by atoms with Crippen LogP contribution in [-0.4, -0.2) is 39.1 Å². The summed E-state index contributed by atoms with van der Waals surface area (Å²) in [5, 5.41) is 42.7. The Bertz CT molecular complexity index is 964. The Morgan fingerprint density at radius 3 is 1.76 bits per heavy atom. The maximum atomic E-state index is 10.8. The Kier molecular flexibility index (Phi) is 17.3. The van der Waals surface area contributed by atoms with Gasteiger partial charge in [-0.15, -0.1) is 29.8 Å². The molecule has 1 fully saturated rings. The molecule has 11 heteroatoms. The summed E-state index contributed by atoms with van der Waals surface area (Å²) in [4.78, 5) is 31.8. The molecule has 1 aliphatic rings. The molecular weight excluding hydrogens is 521 g/mol. The second-order valence-electron chi connectivity index (χ2n) is 9.46. The van der Waals surface area contributed by atoms with Crippen molar-refractivity contribution in [2.24, 2.45) is 28.6 Å². The number of hydrogen-bond donors (Lipinski definition) is 2. The van der Waals surface area contributed by atoms with Gasteiger partial charge >= 0.3 is 17.9 Å². The van der Waals surface area contributed by atoms with E-state index in [9.17, 15) is 14.4 Å². The number of ether oxygens (including phenoxy) is 1. The van der Waals surface area contributed by atoms with E-state index in [2.05, 4.69) is 11.3 Å². The lowest BCUT2D eigenvalue weighted by Crippen LogP contribution is -2.33. The van der Waals surface area contributed by atoms with E-state index in [4.69, 9.17) is 49.2 Å². The number of alkyl halides is 2. The zero-order valence-electron chi connectivity index (χ0n) is 21.3. The smallest absolute Gasteiger partial charge is 0.321 e. The van der Waals surface area contributed by atoms with Crippen molar-refractivity contribution in [2.75, 3.05) is 6.61 Å². The van der Waals surface area contributed by atoms with Gasteiger partial charge in [-0.05, 0) is 31.8 Å². The number of esters is 1. The van der Waals surface area contributed by atoms with Crippen LogP contribution in [0.5, 0.6) is 0 Å². The summed E-state index contributed by atoms with van der Waals surface area (Å²) < 4.78 is 3.80. The van der Waals surface area contributed by atoms with Crippen molar-refractivity contribution >= 4 is 41.1 Å². The van der Waals surface area contributed by atoms with Crippen LogP contribution in [0.25, 0.3) is 0 Å². The average molecular weight is 559 g/mol. The number of hydrogen-bond acceptors (Lipinski definition) is 7. The Labute approximate surface area is 229 Å². The van der Waals surface area contributed by atoms with Crippen LogP contribution in [-0.2, 0) is 19.1 Å². The van der Waals surface area contributed by atoms with Gasteiger partial charge in [0.25, 0.3) is 0 Å². The first-order valence-electron chi connectivity index (χ1n) is 10.8. The zero-order chi connectivity index (χ0) is 28.9. The molecule has 9 nitrogen and oxygen atoms in total. The van der Waals surface area contributed by atoms with Crippen LogP contribution in [0.15, 0.2) is 24.3 Å². The molecular formula is C26H37Cl2N3O6. The first-order chi connectivity index (χ1) is 16.3. The standard InChI is InChI=1S/C9H11Cl2NO2.2C8H11NO2.CH4/c1-8(2,5(4-12)7(13)14)6-3-9(6,10)11;1-7(2)4-6-11-8(10)3-5-9;1-4-8(2,3)6(5-9)7(10)11;/h5-6H,3H2,1-2H3,(H,13,14);4H,3,6H2,1-2H3;4,6H,1H2,2-3H3,(H,10,11);1H4. The normalized spacial score (nSPS) is 16.3. The highest BCUT2D eigenvalue weighted by Crippen LogP contribution is 2.63. The molecule has 0 saturated heterocycles. The summed E-state index contributed by atoms with van der Waals surface area (Å²) in [5.74, 6) is -4.89. The van der Waals surface area contributed by atoms with Crippen LogP contribution in [0.2, 0.25) is 0 Å². The van der Waals surface area contributed by atoms with Gasteiger partial charge in [0.15, 0.2) is 5.92 Å². The van der Waals surface area contributed by atoms with E-state index < -0.39 is 44.9 Å². The predicted molar refractivity (Wildman–Crippen MR) is 141 cm³/mol. The van der Waals surface area contributed by atoms with Crippen molar-refractivity contribution in [3.63, 3.8) is 0 Å². The molecule has 0 aliphatic heterocycles. The molecule has 206 valence electrons. The van der Waals surface area contributed by atoms with Crippen molar-refractivity contribution in [2.45, 2.75) is 66.1 Å². The van der Waals surface area contributed by atoms with Gasteiger partial charge in [-0.2, -0.15) is 15.8 Å². The minimum Gasteiger partial charge on any atom is -0.480 e. The predicted octanol–water partition coefficient (Wildman–Crippen LogP) is 5.90. The van der Waals surface area contributed by atoms with E-state index in [1.165, 1.54) is 6.08 Å². The largest absolute Gasteiger partial charge is 0.480 e. The van der Waals surface area contributed by atoms with E-state index in [0.717, 1.165) is 5.57 Å². The van der Waals surface area contributed by atoms with Gasteiger partial charge < -0.3 is 14.9 Å². The molecule has 0 radical (unpaired) electrons. The van der Waals surface area contributed by atoms with Gasteiger partial charge in [0.1, 0.15) is 23.3 Å². The lowest BCUT2D eigenvalue weighted by Gasteiger charge is -2.27. The summed E-state index contributed by atoms with van der Waals surface area (Å²) in [5.41, 5.74) is -0.264. The molecule has 0 bridgehead atoms. The van der Waals surface area contributed by atoms with Gasteiger partial charge in [0.05, 0.1) is 18.2 Å². The van der Waals surface area contributed by atoms with Crippen LogP contribution in [0.1, 0.15) is 61.8 Å². The number of allylic oxidation sites excluding steroid dienone is 2. The molecule has 0 amide bonds. The molecule has 1 rings (SSSR count). The zero-order valence-corrected chi connectivity index (χ0v) is 22.9. The van der Waals surface area contributed by atoms with Gasteiger partial charge in [-0.1, -0.05) is 46.8 Å². The second-order valence-corrected chi connectivity index (χ2v) is 11.0. The third kappa shape index (κ3) is 13.7. The fraction of sp³-hybridized carbons (Fsp3) is 0.615. The van der Waals surface area contributed by atoms with E-state index in [-0.39, 0.29) is 26.4 Å². The topological polar surface area (TPSA) is 172 Å². The molecule has 0 heterocycles. The lowest BCUT2D eigenvalue weighted by molar-refractivity contribution is -0.144. The molecule has 0 aromatic carbocycles. The van der Waals surface area contributed by atoms with Gasteiger partial charge in [-0.25, -0.2) is 0 Å². The van der Waals surface area contributed by atoms with E-state index >= 15 is 0 Å². The molecule has 3 unspecified atom stereocenters. The van der Waals surface area contributed by atoms with Crippen molar-refractivity contribution in [3.05, 3.63) is 24.3 Å². The number of carbonyl (C=O) groups is 3. The summed E-state index contributed by atoms with van der Waals surface area (Å²) in [7, 11) is 0. The number of carbonyl (C=O) groups excluding carboxylic acids is 1. The van der Waals surface area contributed by atoms with Crippen molar-refractivity contribution in [3.8, 4) is 18.2 Å². The number of aliphatic carboxylic acids is 2.